The number of carbonyl (C=O) groups is 1. The van der Waals surface area contributed by atoms with E-state index in [1.54, 1.807) is 18.2 Å². The van der Waals surface area contributed by atoms with Crippen LogP contribution in [-0.2, 0) is 16.1 Å². The van der Waals surface area contributed by atoms with E-state index in [1.807, 2.05) is 35.9 Å². The van der Waals surface area contributed by atoms with Crippen LogP contribution in [0.25, 0.3) is 11.0 Å². The number of para-hydroxylation sites is 2. The van der Waals surface area contributed by atoms with Crippen molar-refractivity contribution in [2.24, 2.45) is 0 Å². The average molecular weight is 342 g/mol. The Morgan fingerprint density at radius 1 is 1.42 bits per heavy atom. The Morgan fingerprint density at radius 3 is 3.00 bits per heavy atom. The van der Waals surface area contributed by atoms with Crippen molar-refractivity contribution in [3.8, 4) is 0 Å². The molecule has 124 valence electrons. The van der Waals surface area contributed by atoms with Gasteiger partial charge in [-0.1, -0.05) is 23.5 Å². The van der Waals surface area contributed by atoms with E-state index < -0.39 is 0 Å². The zero-order valence-electron chi connectivity index (χ0n) is 13.2. The molecule has 2 aromatic heterocycles. The summed E-state index contributed by atoms with van der Waals surface area (Å²) < 4.78 is 7.28. The molecule has 0 aliphatic heterocycles. The second kappa shape index (κ2) is 7.29. The minimum absolute atomic E-state index is 0.226. The fourth-order valence-electron chi connectivity index (χ4n) is 2.16. The van der Waals surface area contributed by atoms with Crippen LogP contribution >= 0.6 is 11.3 Å². The van der Waals surface area contributed by atoms with Crippen molar-refractivity contribution in [3.63, 3.8) is 0 Å². The molecule has 0 saturated heterocycles. The number of nitrogen functional groups attached to an aromatic ring is 1. The van der Waals surface area contributed by atoms with Crippen LogP contribution in [0.1, 0.15) is 17.5 Å². The Bertz CT molecular complexity index is 850. The number of nitrogens with zero attached hydrogens (tertiary/aromatic N) is 2. The van der Waals surface area contributed by atoms with Crippen LogP contribution in [0.4, 0.5) is 11.4 Å². The van der Waals surface area contributed by atoms with Gasteiger partial charge in [-0.05, 0) is 25.1 Å². The van der Waals surface area contributed by atoms with Gasteiger partial charge in [-0.25, -0.2) is 4.98 Å². The van der Waals surface area contributed by atoms with Crippen molar-refractivity contribution in [2.75, 3.05) is 17.7 Å². The second-order valence-electron chi connectivity index (χ2n) is 5.10. The van der Waals surface area contributed by atoms with Gasteiger partial charge in [-0.15, -0.1) is 0 Å². The van der Waals surface area contributed by atoms with E-state index in [0.29, 0.717) is 24.6 Å². The van der Waals surface area contributed by atoms with E-state index in [-0.39, 0.29) is 5.91 Å². The SMILES string of the molecule is CCOCc1cn2cc(C=CC(=O)Nc3ccccc3N)sc2n1. The zero-order chi connectivity index (χ0) is 16.9. The van der Waals surface area contributed by atoms with E-state index in [2.05, 4.69) is 10.3 Å². The number of imidazole rings is 1. The van der Waals surface area contributed by atoms with Crippen molar-refractivity contribution >= 4 is 39.7 Å². The van der Waals surface area contributed by atoms with Gasteiger partial charge < -0.3 is 15.8 Å². The first-order valence-electron chi connectivity index (χ1n) is 7.54. The molecule has 0 saturated carbocycles. The summed E-state index contributed by atoms with van der Waals surface area (Å²) in [6.07, 6.45) is 7.11. The Balaban J connectivity index is 1.65. The summed E-state index contributed by atoms with van der Waals surface area (Å²) in [5.41, 5.74) is 7.85. The molecule has 0 atom stereocenters. The molecule has 0 fully saturated rings. The molecule has 0 aliphatic rings. The lowest BCUT2D eigenvalue weighted by atomic mass is 10.2. The van der Waals surface area contributed by atoms with Gasteiger partial charge in [0.15, 0.2) is 4.96 Å². The number of benzene rings is 1. The third-order valence-electron chi connectivity index (χ3n) is 3.30. The van der Waals surface area contributed by atoms with E-state index in [1.165, 1.54) is 17.4 Å². The average Bonchev–Trinajstić information content (AvgIpc) is 3.11. The number of hydrogen-bond acceptors (Lipinski definition) is 5. The highest BCUT2D eigenvalue weighted by atomic mass is 32.1. The third-order valence-corrected chi connectivity index (χ3v) is 4.26. The molecule has 3 rings (SSSR count). The number of anilines is 2. The van der Waals surface area contributed by atoms with E-state index in [0.717, 1.165) is 15.5 Å². The molecule has 1 aromatic carbocycles. The summed E-state index contributed by atoms with van der Waals surface area (Å²) in [6, 6.07) is 7.15. The highest BCUT2D eigenvalue weighted by Crippen LogP contribution is 2.20. The molecule has 0 unspecified atom stereocenters. The molecule has 1 amide bonds. The lowest BCUT2D eigenvalue weighted by molar-refractivity contribution is -0.111. The fraction of sp³-hybridized carbons (Fsp3) is 0.176. The molecule has 24 heavy (non-hydrogen) atoms. The van der Waals surface area contributed by atoms with Crippen LogP contribution < -0.4 is 11.1 Å². The highest BCUT2D eigenvalue weighted by molar-refractivity contribution is 7.17. The molecule has 0 spiro atoms. The number of ether oxygens (including phenoxy) is 1. The molecule has 7 heteroatoms. The normalized spacial score (nSPS) is 11.4. The summed E-state index contributed by atoms with van der Waals surface area (Å²) in [5, 5.41) is 2.76. The van der Waals surface area contributed by atoms with Gasteiger partial charge in [0.2, 0.25) is 5.91 Å². The van der Waals surface area contributed by atoms with Gasteiger partial charge >= 0.3 is 0 Å². The maximum atomic E-state index is 12.0. The number of nitrogens with one attached hydrogen (secondary N) is 1. The van der Waals surface area contributed by atoms with Crippen LogP contribution in [-0.4, -0.2) is 21.9 Å². The van der Waals surface area contributed by atoms with Crippen LogP contribution in [0.2, 0.25) is 0 Å². The largest absolute Gasteiger partial charge is 0.397 e. The molecule has 3 aromatic rings. The van der Waals surface area contributed by atoms with Gasteiger partial charge in [-0.3, -0.25) is 9.20 Å². The van der Waals surface area contributed by atoms with Crippen molar-refractivity contribution in [3.05, 3.63) is 53.3 Å². The van der Waals surface area contributed by atoms with Crippen LogP contribution in [0.15, 0.2) is 42.7 Å². The molecule has 0 radical (unpaired) electrons. The van der Waals surface area contributed by atoms with Gasteiger partial charge in [0.1, 0.15) is 0 Å². The number of amides is 1. The standard InChI is InChI=1S/C17H18N4O2S/c1-2-23-11-12-9-21-10-13(24-17(21)19-12)7-8-16(22)20-15-6-4-3-5-14(15)18/h3-10H,2,11,18H2,1H3,(H,20,22). The van der Waals surface area contributed by atoms with E-state index in [9.17, 15) is 4.79 Å². The quantitative estimate of drug-likeness (QED) is 0.532. The first-order chi connectivity index (χ1) is 11.7. The second-order valence-corrected chi connectivity index (χ2v) is 6.14. The van der Waals surface area contributed by atoms with Gasteiger partial charge in [0.05, 0.1) is 23.7 Å². The number of rotatable bonds is 6. The van der Waals surface area contributed by atoms with Gasteiger partial charge in [-0.2, -0.15) is 0 Å². The lowest BCUT2D eigenvalue weighted by Crippen LogP contribution is -2.09. The van der Waals surface area contributed by atoms with E-state index >= 15 is 0 Å². The monoisotopic (exact) mass is 342 g/mol. The predicted octanol–water partition coefficient (Wildman–Crippen LogP) is 3.17. The van der Waals surface area contributed by atoms with Crippen molar-refractivity contribution in [2.45, 2.75) is 13.5 Å². The fourth-order valence-corrected chi connectivity index (χ4v) is 3.05. The Morgan fingerprint density at radius 2 is 2.25 bits per heavy atom. The van der Waals surface area contributed by atoms with Crippen molar-refractivity contribution in [1.29, 1.82) is 0 Å². The van der Waals surface area contributed by atoms with Crippen molar-refractivity contribution in [1.82, 2.24) is 9.38 Å². The van der Waals surface area contributed by atoms with Gasteiger partial charge in [0, 0.05) is 30.0 Å². The third kappa shape index (κ3) is 3.81. The van der Waals surface area contributed by atoms with Gasteiger partial charge in [0.25, 0.3) is 0 Å². The first kappa shape index (κ1) is 16.2. The molecule has 0 aliphatic carbocycles. The van der Waals surface area contributed by atoms with E-state index in [4.69, 9.17) is 10.5 Å². The predicted molar refractivity (Wildman–Crippen MR) is 96.9 cm³/mol. The van der Waals surface area contributed by atoms with Crippen LogP contribution in [0.5, 0.6) is 0 Å². The summed E-state index contributed by atoms with van der Waals surface area (Å²) in [5.74, 6) is -0.226. The number of hydrogen-bond donors (Lipinski definition) is 2. The minimum Gasteiger partial charge on any atom is -0.397 e. The molecule has 6 nitrogen and oxygen atoms in total. The highest BCUT2D eigenvalue weighted by Gasteiger charge is 2.06. The maximum absolute atomic E-state index is 12.0. The molecular formula is C17H18N4O2S. The molecule has 0 bridgehead atoms. The minimum atomic E-state index is -0.226. The number of thiazole rings is 1. The first-order valence-corrected chi connectivity index (χ1v) is 8.36. The topological polar surface area (TPSA) is 81.7 Å². The maximum Gasteiger partial charge on any atom is 0.248 e. The summed E-state index contributed by atoms with van der Waals surface area (Å²) in [4.78, 5) is 18.3. The number of nitrogens with two attached hydrogens (primary N) is 1. The van der Waals surface area contributed by atoms with Crippen LogP contribution in [0, 0.1) is 0 Å². The lowest BCUT2D eigenvalue weighted by Gasteiger charge is -2.04. The summed E-state index contributed by atoms with van der Waals surface area (Å²) >= 11 is 1.51. The Hall–Kier alpha value is -2.64. The Labute approximate surface area is 143 Å². The molecule has 3 N–H and O–H groups in total. The Kier molecular flexibility index (Phi) is 4.93. The summed E-state index contributed by atoms with van der Waals surface area (Å²) in [7, 11) is 0. The molecule has 2 heterocycles. The number of aromatic nitrogens is 2. The van der Waals surface area contributed by atoms with Crippen LogP contribution in [0.3, 0.4) is 0 Å². The summed E-state index contributed by atoms with van der Waals surface area (Å²) in [6.45, 7) is 3.13. The number of carbonyl (C=O) groups excluding carboxylic acids is 1. The van der Waals surface area contributed by atoms with Crippen molar-refractivity contribution < 1.29 is 9.53 Å². The number of fused-ring (bicyclic) bond motifs is 1. The smallest absolute Gasteiger partial charge is 0.248 e. The molecular weight excluding hydrogens is 324 g/mol. The zero-order valence-corrected chi connectivity index (χ0v) is 14.0.